The number of nitrogen functional groups attached to an aromatic ring is 1. The molecule has 35 heavy (non-hydrogen) atoms. The first-order valence-corrected chi connectivity index (χ1v) is 11.7. The number of anilines is 1. The Labute approximate surface area is 204 Å². The second-order valence-corrected chi connectivity index (χ2v) is 8.87. The molecule has 0 fully saturated rings. The number of benzene rings is 2. The summed E-state index contributed by atoms with van der Waals surface area (Å²) in [6.45, 7) is 1.90. The lowest BCUT2D eigenvalue weighted by Crippen LogP contribution is -2.51. The Balaban J connectivity index is 1.37. The molecule has 1 unspecified atom stereocenters. The van der Waals surface area contributed by atoms with Crippen LogP contribution in [0.15, 0.2) is 65.3 Å². The van der Waals surface area contributed by atoms with E-state index >= 15 is 0 Å². The Hall–Kier alpha value is -3.95. The molecule has 2 aromatic carbocycles. The normalized spacial score (nSPS) is 21.7. The van der Waals surface area contributed by atoms with Gasteiger partial charge >= 0.3 is 0 Å². The minimum absolute atomic E-state index is 0.0729. The van der Waals surface area contributed by atoms with Crippen LogP contribution < -0.4 is 27.1 Å². The first kappa shape index (κ1) is 22.8. The molecule has 0 aromatic heterocycles. The van der Waals surface area contributed by atoms with Crippen LogP contribution in [0.1, 0.15) is 28.7 Å². The lowest BCUT2D eigenvalue weighted by Gasteiger charge is -2.35. The van der Waals surface area contributed by atoms with E-state index in [-0.39, 0.29) is 12.2 Å². The molecule has 3 aliphatic heterocycles. The summed E-state index contributed by atoms with van der Waals surface area (Å²) in [5, 5.41) is 8.81. The lowest BCUT2D eigenvalue weighted by molar-refractivity contribution is -0.104. The first-order chi connectivity index (χ1) is 17.0. The zero-order valence-electron chi connectivity index (χ0n) is 19.3. The molecule has 3 aliphatic rings. The third kappa shape index (κ3) is 4.68. The average molecular weight is 472 g/mol. The summed E-state index contributed by atoms with van der Waals surface area (Å²) in [4.78, 5) is 17.9. The molecule has 0 bridgehead atoms. The number of carbonyl (C=O) groups is 1. The molecule has 2 aromatic rings. The van der Waals surface area contributed by atoms with Crippen molar-refractivity contribution in [3.63, 3.8) is 0 Å². The molecule has 180 valence electrons. The second kappa shape index (κ2) is 9.73. The van der Waals surface area contributed by atoms with Crippen molar-refractivity contribution in [1.82, 2.24) is 15.8 Å². The van der Waals surface area contributed by atoms with Crippen LogP contribution in [0.25, 0.3) is 0 Å². The number of hydrogen-bond donors (Lipinski definition) is 5. The minimum atomic E-state index is -0.198. The van der Waals surface area contributed by atoms with Crippen LogP contribution in [0.4, 0.5) is 5.69 Å². The van der Waals surface area contributed by atoms with E-state index in [1.54, 1.807) is 0 Å². The van der Waals surface area contributed by atoms with E-state index in [0.29, 0.717) is 47.9 Å². The van der Waals surface area contributed by atoms with Crippen LogP contribution in [-0.2, 0) is 11.2 Å². The summed E-state index contributed by atoms with van der Waals surface area (Å²) in [7, 11) is 0. The van der Waals surface area contributed by atoms with Gasteiger partial charge in [0, 0.05) is 47.6 Å². The zero-order valence-corrected chi connectivity index (χ0v) is 19.3. The van der Waals surface area contributed by atoms with Gasteiger partial charge in [0.05, 0.1) is 18.4 Å². The Morgan fingerprint density at radius 3 is 3.00 bits per heavy atom. The van der Waals surface area contributed by atoms with E-state index in [2.05, 4.69) is 27.9 Å². The molecule has 0 spiro atoms. The van der Waals surface area contributed by atoms with Gasteiger partial charge in [0.25, 0.3) is 0 Å². The smallest absolute Gasteiger partial charge is 0.144 e. The van der Waals surface area contributed by atoms with Gasteiger partial charge in [-0.15, -0.1) is 0 Å². The molecule has 9 nitrogen and oxygen atoms in total. The Morgan fingerprint density at radius 1 is 1.26 bits per heavy atom. The third-order valence-corrected chi connectivity index (χ3v) is 6.57. The van der Waals surface area contributed by atoms with Crippen molar-refractivity contribution in [2.24, 2.45) is 10.7 Å². The van der Waals surface area contributed by atoms with Gasteiger partial charge in [-0.1, -0.05) is 12.2 Å². The van der Waals surface area contributed by atoms with Crippen LogP contribution >= 0.6 is 0 Å². The zero-order chi connectivity index (χ0) is 24.4. The summed E-state index contributed by atoms with van der Waals surface area (Å²) in [5.41, 5.74) is 23.6. The van der Waals surface area contributed by atoms with Crippen molar-refractivity contribution in [2.45, 2.75) is 25.0 Å². The average Bonchev–Trinajstić information content (AvgIpc) is 3.54. The number of hydrazine groups is 1. The van der Waals surface area contributed by atoms with E-state index in [4.69, 9.17) is 26.6 Å². The fourth-order valence-electron chi connectivity index (χ4n) is 4.71. The number of hydrogen-bond acceptors (Lipinski definition) is 9. The van der Waals surface area contributed by atoms with Crippen molar-refractivity contribution in [3.8, 4) is 5.75 Å². The molecule has 2 atom stereocenters. The molecule has 0 aliphatic carbocycles. The van der Waals surface area contributed by atoms with Gasteiger partial charge in [-0.2, -0.15) is 0 Å². The second-order valence-electron chi connectivity index (χ2n) is 8.87. The van der Waals surface area contributed by atoms with Crippen molar-refractivity contribution < 1.29 is 9.53 Å². The van der Waals surface area contributed by atoms with Gasteiger partial charge in [0.15, 0.2) is 0 Å². The number of rotatable bonds is 7. The highest BCUT2D eigenvalue weighted by molar-refractivity contribution is 6.15. The lowest BCUT2D eigenvalue weighted by atomic mass is 9.96. The number of aldehydes is 1. The quantitative estimate of drug-likeness (QED) is 0.135. The van der Waals surface area contributed by atoms with Gasteiger partial charge in [-0.25, -0.2) is 10.4 Å². The number of aliphatic imine (C=N–C) groups is 1. The van der Waals surface area contributed by atoms with Gasteiger partial charge in [-0.3, -0.25) is 15.1 Å². The summed E-state index contributed by atoms with van der Waals surface area (Å²) < 4.78 is 5.59. The predicted octanol–water partition coefficient (Wildman–Crippen LogP) is 1.47. The largest absolute Gasteiger partial charge is 0.493 e. The topological polar surface area (TPSA) is 142 Å². The van der Waals surface area contributed by atoms with E-state index in [1.165, 1.54) is 6.08 Å². The fraction of sp³-hybridized carbons (Fsp3) is 0.269. The number of carbonyl (C=O) groups excluding carboxylic acids is 1. The van der Waals surface area contributed by atoms with E-state index in [9.17, 15) is 4.79 Å². The summed E-state index contributed by atoms with van der Waals surface area (Å²) >= 11 is 0. The van der Waals surface area contributed by atoms with Crippen LogP contribution in [-0.4, -0.2) is 54.6 Å². The molecule has 7 N–H and O–H groups in total. The Kier molecular flexibility index (Phi) is 6.35. The number of allylic oxidation sites excluding steroid dienone is 1. The highest BCUT2D eigenvalue weighted by Crippen LogP contribution is 2.28. The van der Waals surface area contributed by atoms with Crippen molar-refractivity contribution in [2.75, 3.05) is 25.4 Å². The molecular formula is C26H29N7O2. The highest BCUT2D eigenvalue weighted by Gasteiger charge is 2.31. The highest BCUT2D eigenvalue weighted by atomic mass is 16.5. The molecular weight excluding hydrogens is 442 g/mol. The molecule has 0 saturated heterocycles. The van der Waals surface area contributed by atoms with Crippen molar-refractivity contribution in [1.29, 1.82) is 5.41 Å². The number of nitrogens with zero attached hydrogens (tertiary/aromatic N) is 2. The SMILES string of the molecule is N=C(c1ccc2c(c1)CCO2)c1cc(C2=NC([C@H]3CC=CCN3CC(N)=CC=O)NN2)ccc1N. The molecule has 3 heterocycles. The van der Waals surface area contributed by atoms with Crippen LogP contribution in [0, 0.1) is 5.41 Å². The molecule has 0 radical (unpaired) electrons. The van der Waals surface area contributed by atoms with Crippen molar-refractivity contribution in [3.05, 3.63) is 82.6 Å². The Morgan fingerprint density at radius 2 is 2.14 bits per heavy atom. The number of ether oxygens (including phenoxy) is 1. The summed E-state index contributed by atoms with van der Waals surface area (Å²) in [6.07, 6.45) is 7.80. The van der Waals surface area contributed by atoms with E-state index in [0.717, 1.165) is 41.8 Å². The molecule has 5 rings (SSSR count). The van der Waals surface area contributed by atoms with Gasteiger partial charge in [-0.05, 0) is 54.5 Å². The van der Waals surface area contributed by atoms with E-state index in [1.807, 2.05) is 36.4 Å². The van der Waals surface area contributed by atoms with Crippen LogP contribution in [0.3, 0.4) is 0 Å². The minimum Gasteiger partial charge on any atom is -0.493 e. The standard InChI is InChI=1S/C26H29N7O2/c27-19(8-11-34)15-33-10-2-1-3-22(33)26-30-25(31-32-26)18-4-6-21(28)20(14-18)24(29)17-5-7-23-16(13-17)9-12-35-23/h1-2,4-8,11,13-14,22,26,29,32H,3,9-10,12,15,27-28H2,(H,30,31)/t22-,26?/m1/s1. The number of nitrogens with two attached hydrogens (primary N) is 2. The van der Waals surface area contributed by atoms with Crippen LogP contribution in [0.5, 0.6) is 5.75 Å². The first-order valence-electron chi connectivity index (χ1n) is 11.7. The fourth-order valence-corrected chi connectivity index (χ4v) is 4.71. The predicted molar refractivity (Wildman–Crippen MR) is 136 cm³/mol. The molecule has 9 heteroatoms. The van der Waals surface area contributed by atoms with Gasteiger partial charge in [0.1, 0.15) is 24.0 Å². The molecule has 0 amide bonds. The van der Waals surface area contributed by atoms with Crippen LogP contribution in [0.2, 0.25) is 0 Å². The van der Waals surface area contributed by atoms with Gasteiger partial charge in [0.2, 0.25) is 0 Å². The Bertz CT molecular complexity index is 1250. The van der Waals surface area contributed by atoms with Gasteiger partial charge < -0.3 is 21.6 Å². The maximum atomic E-state index is 10.8. The summed E-state index contributed by atoms with van der Waals surface area (Å²) in [5.74, 6) is 1.58. The number of nitrogens with one attached hydrogen (secondary N) is 3. The van der Waals surface area contributed by atoms with E-state index < -0.39 is 0 Å². The third-order valence-electron chi connectivity index (χ3n) is 6.57. The molecule has 0 saturated carbocycles. The maximum Gasteiger partial charge on any atom is 0.144 e. The number of fused-ring (bicyclic) bond motifs is 1. The number of amidine groups is 1. The monoisotopic (exact) mass is 471 g/mol. The van der Waals surface area contributed by atoms with Crippen molar-refractivity contribution >= 4 is 23.5 Å². The maximum absolute atomic E-state index is 10.8. The summed E-state index contributed by atoms with van der Waals surface area (Å²) in [6, 6.07) is 11.5.